The molecule has 1 rings (SSSR count). The Morgan fingerprint density at radius 2 is 2.22 bits per heavy atom. The van der Waals surface area contributed by atoms with Gasteiger partial charge in [-0.25, -0.2) is 0 Å². The SMILES string of the molecule is C=C[C@H]1CN(C)C[C@@H]1C. The Morgan fingerprint density at radius 1 is 1.56 bits per heavy atom. The third-order valence-electron chi connectivity index (χ3n) is 2.16. The molecule has 0 aromatic carbocycles. The van der Waals surface area contributed by atoms with E-state index in [9.17, 15) is 0 Å². The molecule has 0 aromatic rings. The van der Waals surface area contributed by atoms with Crippen LogP contribution in [-0.4, -0.2) is 25.0 Å². The van der Waals surface area contributed by atoms with E-state index in [4.69, 9.17) is 0 Å². The average Bonchev–Trinajstić information content (AvgIpc) is 2.10. The van der Waals surface area contributed by atoms with E-state index >= 15 is 0 Å². The molecule has 1 nitrogen and oxygen atoms in total. The van der Waals surface area contributed by atoms with E-state index in [-0.39, 0.29) is 0 Å². The molecule has 52 valence electrons. The zero-order valence-corrected chi connectivity index (χ0v) is 6.30. The van der Waals surface area contributed by atoms with Crippen molar-refractivity contribution in [1.29, 1.82) is 0 Å². The molecular weight excluding hydrogens is 110 g/mol. The van der Waals surface area contributed by atoms with E-state index in [1.807, 2.05) is 0 Å². The van der Waals surface area contributed by atoms with Crippen molar-refractivity contribution < 1.29 is 0 Å². The van der Waals surface area contributed by atoms with Crippen LogP contribution >= 0.6 is 0 Å². The molecule has 0 unspecified atom stereocenters. The highest BCUT2D eigenvalue weighted by atomic mass is 15.1. The van der Waals surface area contributed by atoms with Crippen LogP contribution in [0.2, 0.25) is 0 Å². The summed E-state index contributed by atoms with van der Waals surface area (Å²) in [6, 6.07) is 0. The van der Waals surface area contributed by atoms with Crippen molar-refractivity contribution in [3.05, 3.63) is 12.7 Å². The van der Waals surface area contributed by atoms with Crippen LogP contribution in [0.1, 0.15) is 6.92 Å². The highest BCUT2D eigenvalue weighted by molar-refractivity contribution is 4.90. The molecule has 1 aliphatic heterocycles. The van der Waals surface area contributed by atoms with Crippen molar-refractivity contribution in [1.82, 2.24) is 4.90 Å². The van der Waals surface area contributed by atoms with Crippen LogP contribution < -0.4 is 0 Å². The van der Waals surface area contributed by atoms with Crippen LogP contribution in [0.25, 0.3) is 0 Å². The predicted molar refractivity (Wildman–Crippen MR) is 40.3 cm³/mol. The molecule has 1 heterocycles. The summed E-state index contributed by atoms with van der Waals surface area (Å²) in [5, 5.41) is 0. The zero-order valence-electron chi connectivity index (χ0n) is 6.30. The minimum absolute atomic E-state index is 0.731. The lowest BCUT2D eigenvalue weighted by Crippen LogP contribution is -2.13. The van der Waals surface area contributed by atoms with Gasteiger partial charge in [-0.05, 0) is 18.9 Å². The molecule has 1 saturated heterocycles. The molecule has 0 bridgehead atoms. The molecule has 0 saturated carbocycles. The van der Waals surface area contributed by atoms with E-state index in [0.717, 1.165) is 11.8 Å². The number of rotatable bonds is 1. The molecule has 1 fully saturated rings. The van der Waals surface area contributed by atoms with Crippen molar-refractivity contribution in [2.45, 2.75) is 6.92 Å². The van der Waals surface area contributed by atoms with Crippen LogP contribution in [0.4, 0.5) is 0 Å². The fraction of sp³-hybridized carbons (Fsp3) is 0.750. The number of hydrogen-bond donors (Lipinski definition) is 0. The highest BCUT2D eigenvalue weighted by Gasteiger charge is 2.23. The van der Waals surface area contributed by atoms with Gasteiger partial charge < -0.3 is 4.90 Å². The molecule has 1 heteroatoms. The van der Waals surface area contributed by atoms with Gasteiger partial charge in [0.05, 0.1) is 0 Å². The molecule has 9 heavy (non-hydrogen) atoms. The molecule has 0 N–H and O–H groups in total. The average molecular weight is 125 g/mol. The number of hydrogen-bond acceptors (Lipinski definition) is 1. The number of nitrogens with zero attached hydrogens (tertiary/aromatic N) is 1. The minimum Gasteiger partial charge on any atom is -0.305 e. The summed E-state index contributed by atoms with van der Waals surface area (Å²) in [4.78, 5) is 2.36. The lowest BCUT2D eigenvalue weighted by Gasteiger charge is -2.05. The Bertz CT molecular complexity index is 109. The summed E-state index contributed by atoms with van der Waals surface area (Å²) in [5.74, 6) is 1.54. The van der Waals surface area contributed by atoms with Gasteiger partial charge in [0, 0.05) is 13.1 Å². The number of likely N-dealkylation sites (tertiary alicyclic amines) is 1. The summed E-state index contributed by atoms with van der Waals surface area (Å²) in [7, 11) is 2.17. The lowest BCUT2D eigenvalue weighted by atomic mass is 9.99. The predicted octanol–water partition coefficient (Wildman–Crippen LogP) is 1.37. The Labute approximate surface area is 57.4 Å². The summed E-state index contributed by atoms with van der Waals surface area (Å²) in [6.07, 6.45) is 2.08. The Balaban J connectivity index is 2.47. The second kappa shape index (κ2) is 2.53. The van der Waals surface area contributed by atoms with Gasteiger partial charge in [0.2, 0.25) is 0 Å². The first-order chi connectivity index (χ1) is 4.24. The maximum atomic E-state index is 3.80. The maximum Gasteiger partial charge on any atom is 0.00443 e. The lowest BCUT2D eigenvalue weighted by molar-refractivity contribution is 0.400. The monoisotopic (exact) mass is 125 g/mol. The quantitative estimate of drug-likeness (QED) is 0.478. The Hall–Kier alpha value is -0.300. The van der Waals surface area contributed by atoms with E-state index in [2.05, 4.69) is 31.5 Å². The van der Waals surface area contributed by atoms with E-state index in [0.29, 0.717) is 0 Å². The van der Waals surface area contributed by atoms with Gasteiger partial charge in [0.1, 0.15) is 0 Å². The summed E-state index contributed by atoms with van der Waals surface area (Å²) in [5.41, 5.74) is 0. The first-order valence-electron chi connectivity index (χ1n) is 3.55. The molecule has 0 amide bonds. The van der Waals surface area contributed by atoms with Gasteiger partial charge in [-0.15, -0.1) is 6.58 Å². The van der Waals surface area contributed by atoms with Crippen LogP contribution in [-0.2, 0) is 0 Å². The normalized spacial score (nSPS) is 37.1. The van der Waals surface area contributed by atoms with Gasteiger partial charge in [-0.1, -0.05) is 13.0 Å². The molecule has 0 aliphatic carbocycles. The first-order valence-corrected chi connectivity index (χ1v) is 3.55. The molecule has 0 aromatic heterocycles. The van der Waals surface area contributed by atoms with Crippen molar-refractivity contribution in [3.63, 3.8) is 0 Å². The zero-order chi connectivity index (χ0) is 6.85. The van der Waals surface area contributed by atoms with E-state index in [1.54, 1.807) is 0 Å². The fourth-order valence-corrected chi connectivity index (χ4v) is 1.55. The summed E-state index contributed by atoms with van der Waals surface area (Å²) in [6.45, 7) is 8.52. The van der Waals surface area contributed by atoms with Crippen molar-refractivity contribution in [3.8, 4) is 0 Å². The smallest absolute Gasteiger partial charge is 0.00443 e. The van der Waals surface area contributed by atoms with Crippen molar-refractivity contribution in [2.75, 3.05) is 20.1 Å². The van der Waals surface area contributed by atoms with Gasteiger partial charge in [0.25, 0.3) is 0 Å². The van der Waals surface area contributed by atoms with Crippen molar-refractivity contribution >= 4 is 0 Å². The molecule has 2 atom stereocenters. The van der Waals surface area contributed by atoms with E-state index in [1.165, 1.54) is 13.1 Å². The second-order valence-electron chi connectivity index (χ2n) is 3.10. The molecular formula is C8H15N. The van der Waals surface area contributed by atoms with Gasteiger partial charge in [-0.3, -0.25) is 0 Å². The van der Waals surface area contributed by atoms with Crippen LogP contribution in [0.3, 0.4) is 0 Å². The Kier molecular flexibility index (Phi) is 1.91. The molecule has 0 spiro atoms. The Morgan fingerprint density at radius 3 is 2.44 bits per heavy atom. The molecule has 0 radical (unpaired) electrons. The minimum atomic E-state index is 0.731. The van der Waals surface area contributed by atoms with E-state index < -0.39 is 0 Å². The van der Waals surface area contributed by atoms with Gasteiger partial charge in [0.15, 0.2) is 0 Å². The van der Waals surface area contributed by atoms with Crippen LogP contribution in [0.5, 0.6) is 0 Å². The summed E-state index contributed by atoms with van der Waals surface area (Å²) < 4.78 is 0. The standard InChI is InChI=1S/C8H15N/c1-4-8-6-9(3)5-7(8)2/h4,7-8H,1,5-6H2,2-3H3/t7-,8-/m0/s1. The summed E-state index contributed by atoms with van der Waals surface area (Å²) >= 11 is 0. The fourth-order valence-electron chi connectivity index (χ4n) is 1.55. The third-order valence-corrected chi connectivity index (χ3v) is 2.16. The third kappa shape index (κ3) is 1.33. The van der Waals surface area contributed by atoms with Crippen LogP contribution in [0, 0.1) is 11.8 Å². The van der Waals surface area contributed by atoms with Gasteiger partial charge >= 0.3 is 0 Å². The largest absolute Gasteiger partial charge is 0.305 e. The van der Waals surface area contributed by atoms with Gasteiger partial charge in [-0.2, -0.15) is 0 Å². The second-order valence-corrected chi connectivity index (χ2v) is 3.10. The highest BCUT2D eigenvalue weighted by Crippen LogP contribution is 2.21. The maximum absolute atomic E-state index is 3.80. The molecule has 1 aliphatic rings. The first kappa shape index (κ1) is 6.81. The topological polar surface area (TPSA) is 3.24 Å². The van der Waals surface area contributed by atoms with Crippen molar-refractivity contribution in [2.24, 2.45) is 11.8 Å². The van der Waals surface area contributed by atoms with Crippen LogP contribution in [0.15, 0.2) is 12.7 Å².